The Morgan fingerprint density at radius 3 is 2.29 bits per heavy atom. The first-order chi connectivity index (χ1) is 10.1. The van der Waals surface area contributed by atoms with Gasteiger partial charge in [-0.3, -0.25) is 20.4 Å². The minimum absolute atomic E-state index is 0.209. The molecule has 2 amide bonds. The van der Waals surface area contributed by atoms with Crippen molar-refractivity contribution in [1.82, 2.24) is 10.9 Å². The van der Waals surface area contributed by atoms with Crippen LogP contribution in [0.25, 0.3) is 0 Å². The van der Waals surface area contributed by atoms with Gasteiger partial charge in [0.1, 0.15) is 5.75 Å². The molecule has 0 radical (unpaired) electrons. The van der Waals surface area contributed by atoms with E-state index in [9.17, 15) is 9.59 Å². The van der Waals surface area contributed by atoms with Crippen LogP contribution in [0.15, 0.2) is 54.6 Å². The van der Waals surface area contributed by atoms with Crippen molar-refractivity contribution in [2.24, 2.45) is 0 Å². The number of anilines is 1. The number of rotatable bonds is 4. The highest BCUT2D eigenvalue weighted by atomic mass is 16.5. The van der Waals surface area contributed by atoms with E-state index in [2.05, 4.69) is 10.9 Å². The summed E-state index contributed by atoms with van der Waals surface area (Å²) < 4.78 is 5.24. The molecule has 0 heterocycles. The van der Waals surface area contributed by atoms with Crippen LogP contribution in [0.3, 0.4) is 0 Å². The van der Waals surface area contributed by atoms with Crippen molar-refractivity contribution < 1.29 is 14.3 Å². The Balaban J connectivity index is 1.75. The van der Waals surface area contributed by atoms with Gasteiger partial charge in [-0.2, -0.15) is 0 Å². The number of carbonyl (C=O) groups excluding carboxylic acids is 2. The molecule has 0 atom stereocenters. The normalized spacial score (nSPS) is 9.71. The van der Waals surface area contributed by atoms with Crippen molar-refractivity contribution in [2.45, 2.75) is 0 Å². The Morgan fingerprint density at radius 1 is 0.952 bits per heavy atom. The number of nitrogens with one attached hydrogen (secondary N) is 2. The van der Waals surface area contributed by atoms with Crippen molar-refractivity contribution in [3.8, 4) is 5.75 Å². The van der Waals surface area contributed by atoms with Gasteiger partial charge in [-0.1, -0.05) is 18.2 Å². The fraction of sp³-hybridized carbons (Fsp3) is 0.0667. The molecule has 2 aromatic rings. The molecule has 0 spiro atoms. The highest BCUT2D eigenvalue weighted by Crippen LogP contribution is 2.12. The number of carbonyl (C=O) groups is 2. The fourth-order valence-corrected chi connectivity index (χ4v) is 1.54. The summed E-state index contributed by atoms with van der Waals surface area (Å²) in [5.41, 5.74) is 11.2. The summed E-state index contributed by atoms with van der Waals surface area (Å²) in [4.78, 5) is 23.2. The molecule has 6 nitrogen and oxygen atoms in total. The van der Waals surface area contributed by atoms with Crippen molar-refractivity contribution in [3.05, 3.63) is 60.2 Å². The van der Waals surface area contributed by atoms with Gasteiger partial charge in [0.25, 0.3) is 11.8 Å². The number of benzene rings is 2. The first-order valence-corrected chi connectivity index (χ1v) is 6.28. The van der Waals surface area contributed by atoms with Crippen LogP contribution in [0.1, 0.15) is 10.4 Å². The first-order valence-electron chi connectivity index (χ1n) is 6.28. The average Bonchev–Trinajstić information content (AvgIpc) is 2.53. The van der Waals surface area contributed by atoms with Crippen LogP contribution in [0.5, 0.6) is 5.75 Å². The van der Waals surface area contributed by atoms with Gasteiger partial charge in [0, 0.05) is 11.3 Å². The van der Waals surface area contributed by atoms with E-state index in [1.165, 1.54) is 0 Å². The van der Waals surface area contributed by atoms with E-state index in [1.54, 1.807) is 54.6 Å². The number of nitrogen functional groups attached to an aromatic ring is 1. The zero-order valence-electron chi connectivity index (χ0n) is 11.2. The highest BCUT2D eigenvalue weighted by Gasteiger charge is 2.07. The molecule has 0 aliphatic heterocycles. The lowest BCUT2D eigenvalue weighted by Crippen LogP contribution is -2.43. The average molecular weight is 285 g/mol. The number of amides is 2. The Kier molecular flexibility index (Phi) is 4.76. The van der Waals surface area contributed by atoms with Crippen molar-refractivity contribution >= 4 is 17.5 Å². The molecule has 0 aliphatic carbocycles. The second kappa shape index (κ2) is 6.95. The van der Waals surface area contributed by atoms with E-state index in [-0.39, 0.29) is 6.61 Å². The molecule has 0 aliphatic rings. The van der Waals surface area contributed by atoms with E-state index < -0.39 is 11.8 Å². The Labute approximate surface area is 121 Å². The topological polar surface area (TPSA) is 93.4 Å². The Hall–Kier alpha value is -3.02. The van der Waals surface area contributed by atoms with Crippen molar-refractivity contribution in [2.75, 3.05) is 12.3 Å². The lowest BCUT2D eigenvalue weighted by molar-refractivity contribution is -0.123. The van der Waals surface area contributed by atoms with E-state index in [4.69, 9.17) is 10.5 Å². The summed E-state index contributed by atoms with van der Waals surface area (Å²) in [6.07, 6.45) is 0. The van der Waals surface area contributed by atoms with Crippen LogP contribution in [0.4, 0.5) is 5.69 Å². The molecule has 0 fully saturated rings. The fourth-order valence-electron chi connectivity index (χ4n) is 1.54. The van der Waals surface area contributed by atoms with Crippen LogP contribution in [-0.2, 0) is 4.79 Å². The lowest BCUT2D eigenvalue weighted by atomic mass is 10.2. The molecule has 0 aromatic heterocycles. The molecule has 6 heteroatoms. The minimum Gasteiger partial charge on any atom is -0.484 e. The maximum atomic E-state index is 11.7. The smallest absolute Gasteiger partial charge is 0.276 e. The van der Waals surface area contributed by atoms with Gasteiger partial charge >= 0.3 is 0 Å². The van der Waals surface area contributed by atoms with Gasteiger partial charge in [-0.25, -0.2) is 0 Å². The number of ether oxygens (including phenoxy) is 1. The molecule has 21 heavy (non-hydrogen) atoms. The third kappa shape index (κ3) is 4.54. The maximum Gasteiger partial charge on any atom is 0.276 e. The summed E-state index contributed by atoms with van der Waals surface area (Å²) in [6, 6.07) is 15.2. The number of hydrazine groups is 1. The SMILES string of the molecule is Nc1ccc(OCC(=O)NNC(=O)c2ccccc2)cc1. The molecule has 4 N–H and O–H groups in total. The van der Waals surface area contributed by atoms with E-state index >= 15 is 0 Å². The third-order valence-corrected chi connectivity index (χ3v) is 2.60. The van der Waals surface area contributed by atoms with Gasteiger partial charge in [0.2, 0.25) is 0 Å². The summed E-state index contributed by atoms with van der Waals surface area (Å²) in [5, 5.41) is 0. The van der Waals surface area contributed by atoms with Gasteiger partial charge < -0.3 is 10.5 Å². The third-order valence-electron chi connectivity index (χ3n) is 2.60. The molecular formula is C15H15N3O3. The molecule has 0 bridgehead atoms. The van der Waals surface area contributed by atoms with Gasteiger partial charge in [0.05, 0.1) is 0 Å². The van der Waals surface area contributed by atoms with Crippen LogP contribution in [0, 0.1) is 0 Å². The molecular weight excluding hydrogens is 270 g/mol. The van der Waals surface area contributed by atoms with E-state index in [0.29, 0.717) is 17.0 Å². The maximum absolute atomic E-state index is 11.7. The van der Waals surface area contributed by atoms with E-state index in [0.717, 1.165) is 0 Å². The predicted molar refractivity (Wildman–Crippen MR) is 78.4 cm³/mol. The van der Waals surface area contributed by atoms with Crippen LogP contribution in [0.2, 0.25) is 0 Å². The molecule has 0 saturated heterocycles. The van der Waals surface area contributed by atoms with Crippen molar-refractivity contribution in [1.29, 1.82) is 0 Å². The standard InChI is InChI=1S/C15H15N3O3/c16-12-6-8-13(9-7-12)21-10-14(19)17-18-15(20)11-4-2-1-3-5-11/h1-9H,10,16H2,(H,17,19)(H,18,20). The largest absolute Gasteiger partial charge is 0.484 e. The second-order valence-corrected chi connectivity index (χ2v) is 4.23. The van der Waals surface area contributed by atoms with Gasteiger partial charge in [0.15, 0.2) is 6.61 Å². The Bertz CT molecular complexity index is 612. The number of hydrogen-bond acceptors (Lipinski definition) is 4. The Morgan fingerprint density at radius 2 is 1.62 bits per heavy atom. The van der Waals surface area contributed by atoms with Crippen LogP contribution >= 0.6 is 0 Å². The quantitative estimate of drug-likeness (QED) is 0.579. The van der Waals surface area contributed by atoms with Gasteiger partial charge in [-0.15, -0.1) is 0 Å². The minimum atomic E-state index is -0.462. The molecule has 0 unspecified atom stereocenters. The molecule has 0 saturated carbocycles. The van der Waals surface area contributed by atoms with Crippen LogP contribution in [-0.4, -0.2) is 18.4 Å². The first kappa shape index (κ1) is 14.4. The van der Waals surface area contributed by atoms with Crippen molar-refractivity contribution in [3.63, 3.8) is 0 Å². The summed E-state index contributed by atoms with van der Waals surface area (Å²) in [5.74, 6) is -0.332. The zero-order chi connectivity index (χ0) is 15.1. The monoisotopic (exact) mass is 285 g/mol. The van der Waals surface area contributed by atoms with Crippen LogP contribution < -0.4 is 21.3 Å². The van der Waals surface area contributed by atoms with Gasteiger partial charge in [-0.05, 0) is 36.4 Å². The number of hydrogen-bond donors (Lipinski definition) is 3. The summed E-state index contributed by atoms with van der Waals surface area (Å²) >= 11 is 0. The summed E-state index contributed by atoms with van der Waals surface area (Å²) in [6.45, 7) is -0.209. The zero-order valence-corrected chi connectivity index (χ0v) is 11.2. The second-order valence-electron chi connectivity index (χ2n) is 4.23. The van der Waals surface area contributed by atoms with E-state index in [1.807, 2.05) is 0 Å². The molecule has 108 valence electrons. The summed E-state index contributed by atoms with van der Waals surface area (Å²) in [7, 11) is 0. The number of nitrogens with two attached hydrogens (primary N) is 1. The predicted octanol–water partition coefficient (Wildman–Crippen LogP) is 1.11. The highest BCUT2D eigenvalue weighted by molar-refractivity contribution is 5.95. The molecule has 2 aromatic carbocycles. The molecule has 2 rings (SSSR count). The lowest BCUT2D eigenvalue weighted by Gasteiger charge is -2.09.